The summed E-state index contributed by atoms with van der Waals surface area (Å²) in [6.07, 6.45) is 1.09. The summed E-state index contributed by atoms with van der Waals surface area (Å²) in [5, 5.41) is 3.83. The van der Waals surface area contributed by atoms with Gasteiger partial charge in [-0.3, -0.25) is 4.79 Å². The van der Waals surface area contributed by atoms with Gasteiger partial charge in [0.2, 0.25) is 0 Å². The molecule has 4 rings (SSSR count). The lowest BCUT2D eigenvalue weighted by atomic mass is 9.79. The van der Waals surface area contributed by atoms with Gasteiger partial charge in [-0.05, 0) is 25.1 Å². The largest absolute Gasteiger partial charge is 0.349 e. The summed E-state index contributed by atoms with van der Waals surface area (Å²) in [4.78, 5) is 17.3. The Hall–Kier alpha value is -1.30. The van der Waals surface area contributed by atoms with Gasteiger partial charge in [0.05, 0.1) is 10.0 Å². The predicted molar refractivity (Wildman–Crippen MR) is 84.1 cm³/mol. The van der Waals surface area contributed by atoms with Crippen LogP contribution < -0.4 is 5.32 Å². The standard InChI is InChI=1S/C15H14Cl2FN3O/c16-11-8(18)1-2-9-10(11)12(17)13(20-9)14(22)21-6-15(7-21)3-4-19-5-15/h1-2,19-20H,3-7H2. The van der Waals surface area contributed by atoms with E-state index < -0.39 is 5.82 Å². The van der Waals surface area contributed by atoms with Gasteiger partial charge in [0.1, 0.15) is 11.5 Å². The number of hydrogen-bond acceptors (Lipinski definition) is 2. The minimum absolute atomic E-state index is 0.0575. The first-order valence-corrected chi connectivity index (χ1v) is 7.92. The van der Waals surface area contributed by atoms with Crippen molar-refractivity contribution in [3.05, 3.63) is 33.7 Å². The fourth-order valence-electron chi connectivity index (χ4n) is 3.46. The molecule has 0 atom stereocenters. The molecule has 7 heteroatoms. The zero-order valence-corrected chi connectivity index (χ0v) is 13.2. The quantitative estimate of drug-likeness (QED) is 0.837. The summed E-state index contributed by atoms with van der Waals surface area (Å²) in [5.74, 6) is -0.704. The maximum Gasteiger partial charge on any atom is 0.271 e. The highest BCUT2D eigenvalue weighted by Gasteiger charge is 2.47. The average Bonchev–Trinajstić information content (AvgIpc) is 3.06. The van der Waals surface area contributed by atoms with Crippen LogP contribution in [0.5, 0.6) is 0 Å². The number of likely N-dealkylation sites (tertiary alicyclic amines) is 1. The lowest BCUT2D eigenvalue weighted by molar-refractivity contribution is 0.0155. The van der Waals surface area contributed by atoms with E-state index in [9.17, 15) is 9.18 Å². The Morgan fingerprint density at radius 2 is 2.05 bits per heavy atom. The Labute approximate surface area is 136 Å². The smallest absolute Gasteiger partial charge is 0.271 e. The number of aromatic nitrogens is 1. The number of nitrogens with one attached hydrogen (secondary N) is 2. The number of carbonyl (C=O) groups excluding carboxylic acids is 1. The van der Waals surface area contributed by atoms with E-state index in [0.717, 1.165) is 32.6 Å². The lowest BCUT2D eigenvalue weighted by Gasteiger charge is -2.47. The van der Waals surface area contributed by atoms with Gasteiger partial charge in [0.15, 0.2) is 0 Å². The molecular formula is C15H14Cl2FN3O. The second kappa shape index (κ2) is 4.85. The van der Waals surface area contributed by atoms with Gasteiger partial charge in [-0.25, -0.2) is 4.39 Å². The van der Waals surface area contributed by atoms with Crippen LogP contribution in [0, 0.1) is 11.2 Å². The van der Waals surface area contributed by atoms with E-state index in [-0.39, 0.29) is 27.1 Å². The minimum Gasteiger partial charge on any atom is -0.349 e. The minimum atomic E-state index is -0.547. The first kappa shape index (κ1) is 14.3. The highest BCUT2D eigenvalue weighted by molar-refractivity contribution is 6.44. The summed E-state index contributed by atoms with van der Waals surface area (Å²) in [6, 6.07) is 2.80. The van der Waals surface area contributed by atoms with Crippen molar-refractivity contribution >= 4 is 40.0 Å². The Kier molecular flexibility index (Phi) is 3.15. The molecule has 4 nitrogen and oxygen atoms in total. The van der Waals surface area contributed by atoms with Crippen molar-refractivity contribution in [1.82, 2.24) is 15.2 Å². The number of aromatic amines is 1. The SMILES string of the molecule is O=C(c1[nH]c2ccc(F)c(Cl)c2c1Cl)N1CC2(CCNC2)C1. The van der Waals surface area contributed by atoms with Crippen LogP contribution in [0.25, 0.3) is 10.9 Å². The summed E-state index contributed by atoms with van der Waals surface area (Å²) < 4.78 is 13.6. The molecular weight excluding hydrogens is 328 g/mol. The molecule has 2 aliphatic rings. The zero-order chi connectivity index (χ0) is 15.5. The third-order valence-corrected chi connectivity index (χ3v) is 5.43. The second-order valence-electron chi connectivity index (χ2n) is 6.19. The summed E-state index contributed by atoms with van der Waals surface area (Å²) in [5.41, 5.74) is 1.07. The van der Waals surface area contributed by atoms with Gasteiger partial charge in [-0.1, -0.05) is 23.2 Å². The number of carbonyl (C=O) groups is 1. The molecule has 0 saturated carbocycles. The molecule has 2 aliphatic heterocycles. The molecule has 0 radical (unpaired) electrons. The fourth-order valence-corrected chi connectivity index (χ4v) is 4.09. The molecule has 1 spiro atoms. The molecule has 116 valence electrons. The number of nitrogens with zero attached hydrogens (tertiary/aromatic N) is 1. The molecule has 22 heavy (non-hydrogen) atoms. The first-order valence-electron chi connectivity index (χ1n) is 7.16. The Morgan fingerprint density at radius 1 is 1.27 bits per heavy atom. The van der Waals surface area contributed by atoms with E-state index in [1.807, 2.05) is 0 Å². The van der Waals surface area contributed by atoms with E-state index in [1.165, 1.54) is 12.1 Å². The fraction of sp³-hybridized carbons (Fsp3) is 0.400. The maximum atomic E-state index is 13.6. The van der Waals surface area contributed by atoms with Gasteiger partial charge in [0, 0.05) is 36.0 Å². The van der Waals surface area contributed by atoms with Crippen LogP contribution in [0.15, 0.2) is 12.1 Å². The molecule has 2 saturated heterocycles. The van der Waals surface area contributed by atoms with Crippen molar-refractivity contribution < 1.29 is 9.18 Å². The monoisotopic (exact) mass is 341 g/mol. The van der Waals surface area contributed by atoms with Gasteiger partial charge in [0.25, 0.3) is 5.91 Å². The van der Waals surface area contributed by atoms with Gasteiger partial charge >= 0.3 is 0 Å². The molecule has 0 aliphatic carbocycles. The van der Waals surface area contributed by atoms with Crippen molar-refractivity contribution in [2.75, 3.05) is 26.2 Å². The molecule has 2 N–H and O–H groups in total. The van der Waals surface area contributed by atoms with Crippen LogP contribution >= 0.6 is 23.2 Å². The molecule has 0 bridgehead atoms. The van der Waals surface area contributed by atoms with Crippen molar-refractivity contribution in [2.45, 2.75) is 6.42 Å². The van der Waals surface area contributed by atoms with Gasteiger partial charge in [-0.15, -0.1) is 0 Å². The van der Waals surface area contributed by atoms with Crippen molar-refractivity contribution in [3.63, 3.8) is 0 Å². The number of hydrogen-bond donors (Lipinski definition) is 2. The van der Waals surface area contributed by atoms with Crippen LogP contribution in [0.4, 0.5) is 4.39 Å². The van der Waals surface area contributed by atoms with Crippen LogP contribution in [-0.2, 0) is 0 Å². The molecule has 2 fully saturated rings. The molecule has 3 heterocycles. The lowest BCUT2D eigenvalue weighted by Crippen LogP contribution is -2.59. The summed E-state index contributed by atoms with van der Waals surface area (Å²) in [6.45, 7) is 3.41. The van der Waals surface area contributed by atoms with E-state index in [0.29, 0.717) is 10.9 Å². The van der Waals surface area contributed by atoms with Crippen molar-refractivity contribution in [1.29, 1.82) is 0 Å². The molecule has 2 aromatic rings. The van der Waals surface area contributed by atoms with Crippen molar-refractivity contribution in [2.24, 2.45) is 5.41 Å². The second-order valence-corrected chi connectivity index (χ2v) is 6.94. The number of amides is 1. The van der Waals surface area contributed by atoms with E-state index >= 15 is 0 Å². The Morgan fingerprint density at radius 3 is 2.73 bits per heavy atom. The summed E-state index contributed by atoms with van der Waals surface area (Å²) in [7, 11) is 0. The number of benzene rings is 1. The van der Waals surface area contributed by atoms with E-state index in [4.69, 9.17) is 23.2 Å². The number of fused-ring (bicyclic) bond motifs is 1. The van der Waals surface area contributed by atoms with E-state index in [2.05, 4.69) is 10.3 Å². The topological polar surface area (TPSA) is 48.1 Å². The Bertz CT molecular complexity index is 775. The van der Waals surface area contributed by atoms with E-state index in [1.54, 1.807) is 4.90 Å². The van der Waals surface area contributed by atoms with Crippen LogP contribution in [0.1, 0.15) is 16.9 Å². The number of H-pyrrole nitrogens is 1. The molecule has 1 aromatic carbocycles. The Balaban J connectivity index is 1.66. The molecule has 1 aromatic heterocycles. The third kappa shape index (κ3) is 1.96. The average molecular weight is 342 g/mol. The molecule has 0 unspecified atom stereocenters. The predicted octanol–water partition coefficient (Wildman–Crippen LogP) is 3.05. The van der Waals surface area contributed by atoms with Crippen LogP contribution in [-0.4, -0.2) is 42.0 Å². The van der Waals surface area contributed by atoms with Gasteiger partial charge < -0.3 is 15.2 Å². The van der Waals surface area contributed by atoms with Crippen LogP contribution in [0.2, 0.25) is 10.0 Å². The zero-order valence-electron chi connectivity index (χ0n) is 11.7. The highest BCUT2D eigenvalue weighted by atomic mass is 35.5. The van der Waals surface area contributed by atoms with Crippen LogP contribution in [0.3, 0.4) is 0 Å². The van der Waals surface area contributed by atoms with Gasteiger partial charge in [-0.2, -0.15) is 0 Å². The van der Waals surface area contributed by atoms with Crippen molar-refractivity contribution in [3.8, 4) is 0 Å². The number of halogens is 3. The molecule has 1 amide bonds. The number of rotatable bonds is 1. The first-order chi connectivity index (χ1) is 10.5. The normalized spacial score (nSPS) is 19.9. The highest BCUT2D eigenvalue weighted by Crippen LogP contribution is 2.39. The maximum absolute atomic E-state index is 13.6. The third-order valence-electron chi connectivity index (χ3n) is 4.68. The summed E-state index contributed by atoms with van der Waals surface area (Å²) >= 11 is 12.2.